The van der Waals surface area contributed by atoms with Crippen LogP contribution in [0.5, 0.6) is 0 Å². The first-order chi connectivity index (χ1) is 40.7. The second-order valence-corrected chi connectivity index (χ2v) is 28.8. The molecular weight excluding hydrogens is 1020 g/mol. The molecule has 388 valence electrons. The first kappa shape index (κ1) is 50.1. The molecule has 0 radical (unpaired) electrons. The Hall–Kier alpha value is -10.1. The minimum Gasteiger partial charge on any atom is -0.311 e. The van der Waals surface area contributed by atoms with Crippen molar-refractivity contribution in [1.82, 2.24) is 4.57 Å². The smallest absolute Gasteiger partial charge is 0.179 e. The number of nitrogens with zero attached hydrogens (tertiary/aromatic N) is 2. The van der Waals surface area contributed by atoms with E-state index in [4.69, 9.17) is 0 Å². The van der Waals surface area contributed by atoms with E-state index in [1.54, 1.807) is 0 Å². The maximum atomic E-state index is 2.41. The predicted octanol–water partition coefficient (Wildman–Crippen LogP) is 14.3. The number of benzene rings is 13. The molecular formula is C78H58N2Si2. The molecule has 13 aromatic carbocycles. The molecule has 0 bridgehead atoms. The minimum atomic E-state index is -2.75. The molecule has 14 rings (SSSR count). The zero-order chi connectivity index (χ0) is 54.7. The summed E-state index contributed by atoms with van der Waals surface area (Å²) in [5.41, 5.74) is 11.5. The first-order valence-corrected chi connectivity index (χ1v) is 32.3. The fraction of sp³-hybridized carbons (Fsp3) is 0. The van der Waals surface area contributed by atoms with Crippen LogP contribution in [-0.4, -0.2) is 20.7 Å². The Labute approximate surface area is 482 Å². The molecule has 0 spiro atoms. The van der Waals surface area contributed by atoms with Crippen LogP contribution in [0, 0.1) is 0 Å². The van der Waals surface area contributed by atoms with Crippen LogP contribution in [0.4, 0.5) is 17.1 Å². The van der Waals surface area contributed by atoms with Gasteiger partial charge in [0.15, 0.2) is 16.1 Å². The van der Waals surface area contributed by atoms with Crippen LogP contribution in [0.1, 0.15) is 0 Å². The molecule has 0 amide bonds. The summed E-state index contributed by atoms with van der Waals surface area (Å²) in [5.74, 6) is 0. The molecule has 1 aromatic heterocycles. The van der Waals surface area contributed by atoms with Gasteiger partial charge in [-0.3, -0.25) is 0 Å². The number of rotatable bonds is 14. The van der Waals surface area contributed by atoms with E-state index >= 15 is 0 Å². The summed E-state index contributed by atoms with van der Waals surface area (Å²) in [5, 5.41) is 13.3. The summed E-state index contributed by atoms with van der Waals surface area (Å²) in [7, 11) is -5.42. The van der Waals surface area contributed by atoms with E-state index < -0.39 is 16.1 Å². The second-order valence-electron chi connectivity index (χ2n) is 21.2. The van der Waals surface area contributed by atoms with Gasteiger partial charge >= 0.3 is 0 Å². The van der Waals surface area contributed by atoms with E-state index in [9.17, 15) is 0 Å². The van der Waals surface area contributed by atoms with Crippen molar-refractivity contribution in [1.29, 1.82) is 0 Å². The van der Waals surface area contributed by atoms with Gasteiger partial charge in [0.25, 0.3) is 0 Å². The number of hydrogen-bond acceptors (Lipinski definition) is 1. The van der Waals surface area contributed by atoms with Gasteiger partial charge in [-0.25, -0.2) is 0 Å². The average Bonchev–Trinajstić information content (AvgIpc) is 4.00. The summed E-state index contributed by atoms with van der Waals surface area (Å²) in [4.78, 5) is 2.41. The summed E-state index contributed by atoms with van der Waals surface area (Å²) in [6.07, 6.45) is 0. The molecule has 0 aliphatic carbocycles. The van der Waals surface area contributed by atoms with Gasteiger partial charge in [0, 0.05) is 33.5 Å². The average molecular weight is 1080 g/mol. The maximum Gasteiger partial charge on any atom is 0.179 e. The quantitative estimate of drug-likeness (QED) is 0.0778. The van der Waals surface area contributed by atoms with E-state index in [1.165, 1.54) is 85.6 Å². The highest BCUT2D eigenvalue weighted by Crippen LogP contribution is 2.39. The van der Waals surface area contributed by atoms with Gasteiger partial charge in [-0.15, -0.1) is 0 Å². The van der Waals surface area contributed by atoms with Gasteiger partial charge in [-0.1, -0.05) is 285 Å². The third-order valence-electron chi connectivity index (χ3n) is 16.7. The normalized spacial score (nSPS) is 11.7. The minimum absolute atomic E-state index is 1.08. The van der Waals surface area contributed by atoms with Crippen molar-refractivity contribution in [2.45, 2.75) is 0 Å². The zero-order valence-corrected chi connectivity index (χ0v) is 47.4. The van der Waals surface area contributed by atoms with Gasteiger partial charge in [-0.2, -0.15) is 0 Å². The van der Waals surface area contributed by atoms with E-state index in [0.717, 1.165) is 22.7 Å². The molecule has 2 nitrogen and oxygen atoms in total. The Kier molecular flexibility index (Phi) is 13.4. The number of fused-ring (bicyclic) bond motifs is 3. The van der Waals surface area contributed by atoms with Crippen LogP contribution in [0.2, 0.25) is 0 Å². The molecule has 0 aliphatic heterocycles. The van der Waals surface area contributed by atoms with Crippen LogP contribution in [0.15, 0.2) is 352 Å². The third kappa shape index (κ3) is 8.82. The van der Waals surface area contributed by atoms with Crippen LogP contribution in [0.3, 0.4) is 0 Å². The number of hydrogen-bond donors (Lipinski definition) is 0. The second kappa shape index (κ2) is 21.9. The molecule has 0 N–H and O–H groups in total. The van der Waals surface area contributed by atoms with Crippen molar-refractivity contribution in [2.75, 3.05) is 4.90 Å². The molecule has 0 atom stereocenters. The SMILES string of the molecule is c1ccc(-n2c3ccccc3c3cc(-c4ccc(N(c5ccc(-c6ccc([Si](c7ccccc7)(c7ccccc7)c7ccccc7)cc6)cc5)c5ccc([Si](c6ccccc6)(c6ccccc6)c6ccccc6)cc5)cc4)ccc32)cc1. The zero-order valence-electron chi connectivity index (χ0n) is 45.4. The standard InChI is InChI=1S/C78H58N2Si2/c1-8-24-63(25-9-1)80-77-39-23-22-38-75(77)76-58-62(46-57-78(76)80)61-42-49-65(50-43-61)79(66-51-55-74(56-52-66)82(70-32-16-5-17-33-70,71-34-18-6-19-35-71)72-36-20-7-21-37-72)64-47-40-59(41-48-64)60-44-53-73(54-45-60)81(67-26-10-2-11-27-67,68-28-12-3-13-29-68)69-30-14-4-15-31-69/h1-58H. The first-order valence-electron chi connectivity index (χ1n) is 28.3. The van der Waals surface area contributed by atoms with Gasteiger partial charge in [0.2, 0.25) is 0 Å². The molecule has 0 aliphatic rings. The monoisotopic (exact) mass is 1080 g/mol. The largest absolute Gasteiger partial charge is 0.311 e. The molecule has 14 aromatic rings. The van der Waals surface area contributed by atoms with Gasteiger partial charge in [-0.05, 0) is 130 Å². The molecule has 82 heavy (non-hydrogen) atoms. The summed E-state index contributed by atoms with van der Waals surface area (Å²) in [6, 6.07) is 131. The Morgan fingerprint density at radius 3 is 0.866 bits per heavy atom. The van der Waals surface area contributed by atoms with E-state index in [-0.39, 0.29) is 0 Å². The number of aromatic nitrogens is 1. The number of anilines is 3. The highest BCUT2D eigenvalue weighted by Gasteiger charge is 2.42. The van der Waals surface area contributed by atoms with Gasteiger partial charge < -0.3 is 9.47 Å². The molecule has 0 saturated carbocycles. The van der Waals surface area contributed by atoms with Crippen LogP contribution in [-0.2, 0) is 0 Å². The highest BCUT2D eigenvalue weighted by atomic mass is 28.3. The third-order valence-corrected chi connectivity index (χ3v) is 26.3. The molecule has 4 heteroatoms. The Morgan fingerprint density at radius 1 is 0.207 bits per heavy atom. The van der Waals surface area contributed by atoms with Gasteiger partial charge in [0.1, 0.15) is 0 Å². The van der Waals surface area contributed by atoms with Crippen molar-refractivity contribution >= 4 is 96.5 Å². The summed E-state index contributed by atoms with van der Waals surface area (Å²) >= 11 is 0. The van der Waals surface area contributed by atoms with Crippen LogP contribution in [0.25, 0.3) is 49.7 Å². The topological polar surface area (TPSA) is 8.17 Å². The lowest BCUT2D eigenvalue weighted by Crippen LogP contribution is -2.74. The van der Waals surface area contributed by atoms with E-state index in [2.05, 4.69) is 361 Å². The van der Waals surface area contributed by atoms with Gasteiger partial charge in [0.05, 0.1) is 11.0 Å². The van der Waals surface area contributed by atoms with Crippen molar-refractivity contribution in [2.24, 2.45) is 0 Å². The molecule has 0 fully saturated rings. The van der Waals surface area contributed by atoms with E-state index in [1.807, 2.05) is 0 Å². The predicted molar refractivity (Wildman–Crippen MR) is 354 cm³/mol. The molecule has 0 saturated heterocycles. The van der Waals surface area contributed by atoms with Crippen molar-refractivity contribution in [3.63, 3.8) is 0 Å². The summed E-state index contributed by atoms with van der Waals surface area (Å²) < 4.78 is 2.38. The van der Waals surface area contributed by atoms with Crippen molar-refractivity contribution in [3.05, 3.63) is 352 Å². The fourth-order valence-corrected chi connectivity index (χ4v) is 22.5. The van der Waals surface area contributed by atoms with Crippen molar-refractivity contribution in [3.8, 4) is 27.9 Å². The number of para-hydroxylation sites is 2. The van der Waals surface area contributed by atoms with Crippen LogP contribution < -0.4 is 46.4 Å². The molecule has 0 unspecified atom stereocenters. The lowest BCUT2D eigenvalue weighted by Gasteiger charge is -2.35. The lowest BCUT2D eigenvalue weighted by atomic mass is 10.0. The lowest BCUT2D eigenvalue weighted by molar-refractivity contribution is 1.18. The maximum absolute atomic E-state index is 2.75. The summed E-state index contributed by atoms with van der Waals surface area (Å²) in [6.45, 7) is 0. The molecule has 1 heterocycles. The Bertz CT molecular complexity index is 4230. The fourth-order valence-electron chi connectivity index (χ4n) is 13.0. The Morgan fingerprint density at radius 2 is 0.476 bits per heavy atom. The Balaban J connectivity index is 0.867. The van der Waals surface area contributed by atoms with Crippen molar-refractivity contribution < 1.29 is 0 Å². The highest BCUT2D eigenvalue weighted by molar-refractivity contribution is 7.20. The van der Waals surface area contributed by atoms with Crippen LogP contribution >= 0.6 is 0 Å². The van der Waals surface area contributed by atoms with E-state index in [0.29, 0.717) is 0 Å².